The molecule has 0 atom stereocenters. The van der Waals surface area contributed by atoms with Gasteiger partial charge < -0.3 is 9.64 Å². The molecule has 8 nitrogen and oxygen atoms in total. The molecule has 37 heavy (non-hydrogen) atoms. The summed E-state index contributed by atoms with van der Waals surface area (Å²) in [5, 5.41) is 20.2. The van der Waals surface area contributed by atoms with Gasteiger partial charge in [0.1, 0.15) is 11.2 Å². The second-order valence-electron chi connectivity index (χ2n) is 7.76. The van der Waals surface area contributed by atoms with Crippen molar-refractivity contribution >= 4 is 60.0 Å². The van der Waals surface area contributed by atoms with E-state index < -0.39 is 15.1 Å². The lowest BCUT2D eigenvalue weighted by atomic mass is 10.1. The molecule has 0 fully saturated rings. The minimum absolute atomic E-state index is 0.357. The number of thiazole rings is 1. The zero-order valence-corrected chi connectivity index (χ0v) is 22.6. The highest BCUT2D eigenvalue weighted by Crippen LogP contribution is 2.41. The van der Waals surface area contributed by atoms with E-state index in [9.17, 15) is 12.3 Å². The quantitative estimate of drug-likeness (QED) is 0.0894. The molecule has 0 aliphatic heterocycles. The normalized spacial score (nSPS) is 11.6. The van der Waals surface area contributed by atoms with Crippen LogP contribution in [0.1, 0.15) is 19.4 Å². The zero-order valence-electron chi connectivity index (χ0n) is 20.2. The van der Waals surface area contributed by atoms with Gasteiger partial charge in [-0.25, -0.2) is 4.98 Å². The van der Waals surface area contributed by atoms with E-state index in [0.29, 0.717) is 22.3 Å². The number of benzene rings is 3. The summed E-state index contributed by atoms with van der Waals surface area (Å²) in [4.78, 5) is 7.02. The first-order valence-corrected chi connectivity index (χ1v) is 14.2. The van der Waals surface area contributed by atoms with Crippen LogP contribution in [0.5, 0.6) is 11.5 Å². The van der Waals surface area contributed by atoms with E-state index in [2.05, 4.69) is 25.5 Å². The van der Waals surface area contributed by atoms with Crippen LogP contribution in [0.2, 0.25) is 0 Å². The van der Waals surface area contributed by atoms with E-state index in [-0.39, 0.29) is 0 Å². The van der Waals surface area contributed by atoms with Gasteiger partial charge in [-0.2, -0.15) is 13.7 Å². The summed E-state index contributed by atoms with van der Waals surface area (Å²) >= 11 is 2.46. The largest absolute Gasteiger partial charge is 0.455 e. The molecule has 0 unspecified atom stereocenters. The van der Waals surface area contributed by atoms with Crippen molar-refractivity contribution in [2.75, 3.05) is 18.0 Å². The molecule has 0 bridgehead atoms. The van der Waals surface area contributed by atoms with E-state index >= 15 is 0 Å². The Morgan fingerprint density at radius 3 is 2.49 bits per heavy atom. The van der Waals surface area contributed by atoms with E-state index in [1.807, 2.05) is 51.1 Å². The average Bonchev–Trinajstić information content (AvgIpc) is 3.28. The molecule has 3 aromatic carbocycles. The molecular formula is C25H22FN5O3S3. The number of thioether (sulfide) groups is 1. The van der Waals surface area contributed by atoms with Gasteiger partial charge in [0.05, 0.1) is 26.5 Å². The number of azo groups is 1. The van der Waals surface area contributed by atoms with Crippen molar-refractivity contribution in [1.82, 2.24) is 4.98 Å². The van der Waals surface area contributed by atoms with E-state index in [1.165, 1.54) is 23.5 Å². The average molecular weight is 556 g/mol. The van der Waals surface area contributed by atoms with Crippen molar-refractivity contribution in [3.63, 3.8) is 0 Å². The summed E-state index contributed by atoms with van der Waals surface area (Å²) in [5.74, 6) is 0.897. The van der Waals surface area contributed by atoms with Gasteiger partial charge in [0.25, 0.3) is 0 Å². The lowest BCUT2D eigenvalue weighted by molar-refractivity contribution is 0.477. The number of anilines is 1. The molecular weight excluding hydrogens is 534 g/mol. The maximum atomic E-state index is 13.3. The van der Waals surface area contributed by atoms with E-state index in [4.69, 9.17) is 10.00 Å². The summed E-state index contributed by atoms with van der Waals surface area (Å²) in [7, 11) is -4.80. The summed E-state index contributed by atoms with van der Waals surface area (Å²) in [6.07, 6.45) is 0. The Morgan fingerprint density at radius 1 is 1.11 bits per heavy atom. The molecule has 0 aliphatic rings. The molecule has 12 heteroatoms. The summed E-state index contributed by atoms with van der Waals surface area (Å²) in [6.45, 7) is 7.41. The minimum atomic E-state index is -4.80. The molecule has 1 aromatic heterocycles. The molecule has 1 heterocycles. The van der Waals surface area contributed by atoms with Crippen molar-refractivity contribution in [2.24, 2.45) is 10.2 Å². The van der Waals surface area contributed by atoms with Crippen molar-refractivity contribution in [2.45, 2.75) is 30.6 Å². The zero-order chi connectivity index (χ0) is 26.6. The number of halogens is 1. The van der Waals surface area contributed by atoms with Gasteiger partial charge in [0.2, 0.25) is 5.13 Å². The second-order valence-corrected chi connectivity index (χ2v) is 11.0. The highest BCUT2D eigenvalue weighted by atomic mass is 32.3. The maximum Gasteiger partial charge on any atom is 0.332 e. The first kappa shape index (κ1) is 26.5. The SMILES string of the molecule is CCN(CC)c1ccc(N=Nc2nc3ccc(SC#N)cc3s2)c(C)c1Oc1ccc(S(=O)(=O)F)cc1. The van der Waals surface area contributed by atoms with Gasteiger partial charge >= 0.3 is 10.2 Å². The molecule has 4 rings (SSSR count). The van der Waals surface area contributed by atoms with Crippen molar-refractivity contribution in [3.8, 4) is 16.9 Å². The van der Waals surface area contributed by atoms with Crippen LogP contribution in [0.4, 0.5) is 20.4 Å². The number of nitrogens with zero attached hydrogens (tertiary/aromatic N) is 5. The lowest BCUT2D eigenvalue weighted by Crippen LogP contribution is -2.22. The molecule has 0 saturated carbocycles. The molecule has 0 radical (unpaired) electrons. The van der Waals surface area contributed by atoms with Crippen LogP contribution in [0.25, 0.3) is 10.2 Å². The number of thiocyanates is 1. The van der Waals surface area contributed by atoms with Crippen LogP contribution in [0.15, 0.2) is 74.6 Å². The highest BCUT2D eigenvalue weighted by molar-refractivity contribution is 8.03. The highest BCUT2D eigenvalue weighted by Gasteiger charge is 2.18. The summed E-state index contributed by atoms with van der Waals surface area (Å²) in [5.41, 5.74) is 2.92. The Morgan fingerprint density at radius 2 is 1.84 bits per heavy atom. The fourth-order valence-corrected chi connectivity index (χ4v) is 5.43. The third-order valence-corrected chi connectivity index (χ3v) is 7.86. The predicted octanol–water partition coefficient (Wildman–Crippen LogP) is 7.89. The van der Waals surface area contributed by atoms with Crippen LogP contribution in [0.3, 0.4) is 0 Å². The first-order valence-electron chi connectivity index (χ1n) is 11.2. The predicted molar refractivity (Wildman–Crippen MR) is 145 cm³/mol. The van der Waals surface area contributed by atoms with Gasteiger partial charge in [-0.1, -0.05) is 11.3 Å². The Kier molecular flexibility index (Phi) is 8.06. The maximum absolute atomic E-state index is 13.3. The number of hydrogen-bond acceptors (Lipinski definition) is 10. The van der Waals surface area contributed by atoms with Crippen LogP contribution >= 0.6 is 23.1 Å². The standard InChI is InChI=1S/C25H22FN5O3S3/c1-4-31(5-2)22-13-12-20(16(3)24(22)34-17-6-9-19(10-7-17)37(26,32)33)29-30-25-28-21-11-8-18(35-15-27)14-23(21)36-25/h6-14H,4-5H2,1-3H3. The summed E-state index contributed by atoms with van der Waals surface area (Å²) < 4.78 is 42.7. The Balaban J connectivity index is 1.69. The fraction of sp³-hybridized carbons (Fsp3) is 0.200. The van der Waals surface area contributed by atoms with Gasteiger partial charge in [0.15, 0.2) is 5.75 Å². The smallest absolute Gasteiger partial charge is 0.332 e. The van der Waals surface area contributed by atoms with Crippen LogP contribution in [0, 0.1) is 17.6 Å². The molecule has 0 amide bonds. The van der Waals surface area contributed by atoms with Crippen molar-refractivity contribution in [3.05, 3.63) is 60.2 Å². The number of ether oxygens (including phenoxy) is 1. The Hall–Kier alpha value is -3.53. The van der Waals surface area contributed by atoms with Gasteiger partial charge in [-0.15, -0.1) is 14.1 Å². The molecule has 0 N–H and O–H groups in total. The first-order chi connectivity index (χ1) is 17.7. The van der Waals surface area contributed by atoms with E-state index in [0.717, 1.165) is 63.3 Å². The van der Waals surface area contributed by atoms with Gasteiger partial charge in [-0.3, -0.25) is 0 Å². The van der Waals surface area contributed by atoms with E-state index in [1.54, 1.807) is 0 Å². The number of aromatic nitrogens is 1. The third kappa shape index (κ3) is 6.07. The molecule has 0 spiro atoms. The van der Waals surface area contributed by atoms with Gasteiger partial charge in [-0.05, 0) is 87.1 Å². The third-order valence-electron chi connectivity index (χ3n) is 5.54. The molecule has 4 aromatic rings. The molecule has 0 saturated heterocycles. The van der Waals surface area contributed by atoms with Crippen LogP contribution in [-0.4, -0.2) is 26.5 Å². The Labute approximate surface area is 222 Å². The van der Waals surface area contributed by atoms with Gasteiger partial charge in [0, 0.05) is 23.5 Å². The lowest BCUT2D eigenvalue weighted by Gasteiger charge is -2.25. The second kappa shape index (κ2) is 11.2. The molecule has 190 valence electrons. The number of rotatable bonds is 9. The van der Waals surface area contributed by atoms with Crippen LogP contribution < -0.4 is 9.64 Å². The minimum Gasteiger partial charge on any atom is -0.455 e. The van der Waals surface area contributed by atoms with Crippen molar-refractivity contribution in [1.29, 1.82) is 5.26 Å². The monoisotopic (exact) mass is 555 g/mol. The summed E-state index contributed by atoms with van der Waals surface area (Å²) in [6, 6.07) is 14.5. The topological polar surface area (TPSA) is 108 Å². The fourth-order valence-electron chi connectivity index (χ4n) is 3.65. The number of fused-ring (bicyclic) bond motifs is 1. The number of nitriles is 1. The van der Waals surface area contributed by atoms with Crippen LogP contribution in [-0.2, 0) is 10.2 Å². The number of hydrogen-bond donors (Lipinski definition) is 0. The molecule has 0 aliphatic carbocycles. The van der Waals surface area contributed by atoms with Crippen molar-refractivity contribution < 1.29 is 17.0 Å². The Bertz CT molecular complexity index is 1610.